The van der Waals surface area contributed by atoms with Crippen LogP contribution in [0.3, 0.4) is 0 Å². The normalized spacial score (nSPS) is 14.1. The Morgan fingerprint density at radius 3 is 2.28 bits per heavy atom. The second-order valence-corrected chi connectivity index (χ2v) is 7.24. The van der Waals surface area contributed by atoms with E-state index in [2.05, 4.69) is 22.3 Å². The Balaban J connectivity index is 1.26. The number of carbonyl (C=O) groups excluding carboxylic acids is 2. The fourth-order valence-electron chi connectivity index (χ4n) is 3.81. The van der Waals surface area contributed by atoms with Crippen LogP contribution in [0, 0.1) is 0 Å². The molecule has 3 aromatic carbocycles. The van der Waals surface area contributed by atoms with Crippen molar-refractivity contribution in [2.75, 3.05) is 37.6 Å². The highest BCUT2D eigenvalue weighted by molar-refractivity contribution is 6.07. The van der Waals surface area contributed by atoms with Gasteiger partial charge in [0.25, 0.3) is 5.91 Å². The van der Waals surface area contributed by atoms with E-state index >= 15 is 0 Å². The number of nitrogens with zero attached hydrogens (tertiary/aromatic N) is 2. The highest BCUT2D eigenvalue weighted by atomic mass is 16.2. The van der Waals surface area contributed by atoms with Gasteiger partial charge in [-0.25, -0.2) is 0 Å². The zero-order valence-electron chi connectivity index (χ0n) is 16.4. The van der Waals surface area contributed by atoms with Gasteiger partial charge in [0.2, 0.25) is 5.91 Å². The molecule has 0 spiro atoms. The molecule has 5 nitrogen and oxygen atoms in total. The van der Waals surface area contributed by atoms with Crippen LogP contribution in [0.1, 0.15) is 16.8 Å². The van der Waals surface area contributed by atoms with Gasteiger partial charge in [-0.2, -0.15) is 0 Å². The first-order chi connectivity index (χ1) is 14.2. The van der Waals surface area contributed by atoms with Crippen LogP contribution in [-0.4, -0.2) is 49.4 Å². The lowest BCUT2D eigenvalue weighted by Crippen LogP contribution is -2.49. The monoisotopic (exact) mass is 387 g/mol. The minimum atomic E-state index is -0.136. The van der Waals surface area contributed by atoms with Crippen LogP contribution >= 0.6 is 0 Å². The van der Waals surface area contributed by atoms with Crippen molar-refractivity contribution >= 4 is 28.3 Å². The maximum atomic E-state index is 12.6. The van der Waals surface area contributed by atoms with Gasteiger partial charge in [-0.15, -0.1) is 0 Å². The summed E-state index contributed by atoms with van der Waals surface area (Å²) in [6.07, 6.45) is 0.321. The summed E-state index contributed by atoms with van der Waals surface area (Å²) in [6, 6.07) is 23.8. The van der Waals surface area contributed by atoms with E-state index in [9.17, 15) is 9.59 Å². The number of benzene rings is 3. The second kappa shape index (κ2) is 8.78. The molecule has 0 bridgehead atoms. The van der Waals surface area contributed by atoms with Crippen molar-refractivity contribution in [1.82, 2.24) is 10.2 Å². The summed E-state index contributed by atoms with van der Waals surface area (Å²) in [5.74, 6) is -0.0422. The third kappa shape index (κ3) is 4.40. The van der Waals surface area contributed by atoms with Gasteiger partial charge in [-0.3, -0.25) is 9.59 Å². The number of amides is 2. The maximum Gasteiger partial charge on any atom is 0.251 e. The predicted molar refractivity (Wildman–Crippen MR) is 116 cm³/mol. The van der Waals surface area contributed by atoms with Crippen molar-refractivity contribution in [1.29, 1.82) is 0 Å². The molecule has 29 heavy (non-hydrogen) atoms. The molecule has 1 heterocycles. The first kappa shape index (κ1) is 19.0. The summed E-state index contributed by atoms with van der Waals surface area (Å²) >= 11 is 0. The molecule has 4 rings (SSSR count). The van der Waals surface area contributed by atoms with Crippen LogP contribution in [0.5, 0.6) is 0 Å². The molecule has 2 amide bonds. The number of anilines is 1. The molecule has 0 atom stereocenters. The van der Waals surface area contributed by atoms with Crippen LogP contribution in [0.2, 0.25) is 0 Å². The molecule has 0 aromatic heterocycles. The summed E-state index contributed by atoms with van der Waals surface area (Å²) in [5, 5.41) is 4.86. The molecule has 1 saturated heterocycles. The molecular weight excluding hydrogens is 362 g/mol. The molecule has 1 aliphatic rings. The molecule has 3 aromatic rings. The highest BCUT2D eigenvalue weighted by Crippen LogP contribution is 2.18. The second-order valence-electron chi connectivity index (χ2n) is 7.24. The van der Waals surface area contributed by atoms with E-state index in [-0.39, 0.29) is 11.8 Å². The average molecular weight is 387 g/mol. The first-order valence-electron chi connectivity index (χ1n) is 10.1. The number of nitrogens with one attached hydrogen (secondary N) is 1. The summed E-state index contributed by atoms with van der Waals surface area (Å²) < 4.78 is 0. The fraction of sp³-hybridized carbons (Fsp3) is 0.250. The van der Waals surface area contributed by atoms with E-state index in [0.29, 0.717) is 31.6 Å². The number of fused-ring (bicyclic) bond motifs is 1. The number of carbonyl (C=O) groups is 2. The van der Waals surface area contributed by atoms with Crippen molar-refractivity contribution in [2.45, 2.75) is 6.42 Å². The molecule has 1 fully saturated rings. The first-order valence-corrected chi connectivity index (χ1v) is 10.1. The van der Waals surface area contributed by atoms with Crippen molar-refractivity contribution < 1.29 is 9.59 Å². The fourth-order valence-corrected chi connectivity index (χ4v) is 3.81. The number of hydrogen-bond donors (Lipinski definition) is 1. The molecule has 0 radical (unpaired) electrons. The molecule has 1 aliphatic heterocycles. The third-order valence-electron chi connectivity index (χ3n) is 5.41. The number of rotatable bonds is 5. The maximum absolute atomic E-state index is 12.6. The molecule has 1 N–H and O–H groups in total. The van der Waals surface area contributed by atoms with Gasteiger partial charge >= 0.3 is 0 Å². The van der Waals surface area contributed by atoms with Gasteiger partial charge in [0.05, 0.1) is 0 Å². The standard InChI is InChI=1S/C24H25N3O2/c28-23(27-17-15-26(16-18-27)20-9-2-1-3-10-20)13-14-25-24(29)22-12-6-8-19-7-4-5-11-21(19)22/h1-12H,13-18H2,(H,25,29). The number of para-hydroxylation sites is 1. The van der Waals surface area contributed by atoms with Gasteiger partial charge in [0.1, 0.15) is 0 Å². The Labute approximate surface area is 170 Å². The lowest BCUT2D eigenvalue weighted by Gasteiger charge is -2.36. The minimum Gasteiger partial charge on any atom is -0.368 e. The summed E-state index contributed by atoms with van der Waals surface area (Å²) in [4.78, 5) is 29.3. The van der Waals surface area contributed by atoms with Gasteiger partial charge < -0.3 is 15.1 Å². The van der Waals surface area contributed by atoms with Gasteiger partial charge in [0, 0.05) is 50.4 Å². The molecule has 5 heteroatoms. The predicted octanol–water partition coefficient (Wildman–Crippen LogP) is 3.31. The van der Waals surface area contributed by atoms with Gasteiger partial charge in [-0.05, 0) is 29.0 Å². The summed E-state index contributed by atoms with van der Waals surface area (Å²) in [5.41, 5.74) is 1.84. The van der Waals surface area contributed by atoms with E-state index in [4.69, 9.17) is 0 Å². The van der Waals surface area contributed by atoms with Crippen molar-refractivity contribution in [3.05, 3.63) is 78.4 Å². The Kier molecular flexibility index (Phi) is 5.75. The molecule has 148 valence electrons. The zero-order valence-corrected chi connectivity index (χ0v) is 16.4. The van der Waals surface area contributed by atoms with Gasteiger partial charge in [-0.1, -0.05) is 54.6 Å². The van der Waals surface area contributed by atoms with Crippen molar-refractivity contribution in [3.8, 4) is 0 Å². The molecule has 0 aliphatic carbocycles. The van der Waals surface area contributed by atoms with E-state index in [0.717, 1.165) is 23.9 Å². The molecular formula is C24H25N3O2. The smallest absolute Gasteiger partial charge is 0.251 e. The molecule has 0 saturated carbocycles. The van der Waals surface area contributed by atoms with Crippen LogP contribution in [-0.2, 0) is 4.79 Å². The summed E-state index contributed by atoms with van der Waals surface area (Å²) in [6.45, 7) is 3.44. The van der Waals surface area contributed by atoms with Gasteiger partial charge in [0.15, 0.2) is 0 Å². The van der Waals surface area contributed by atoms with Crippen LogP contribution in [0.15, 0.2) is 72.8 Å². The number of piperazine rings is 1. The van der Waals surface area contributed by atoms with Crippen LogP contribution in [0.25, 0.3) is 10.8 Å². The topological polar surface area (TPSA) is 52.7 Å². The Bertz CT molecular complexity index is 990. The third-order valence-corrected chi connectivity index (χ3v) is 5.41. The van der Waals surface area contributed by atoms with E-state index < -0.39 is 0 Å². The van der Waals surface area contributed by atoms with E-state index in [1.807, 2.05) is 65.6 Å². The minimum absolute atomic E-state index is 0.0935. The van der Waals surface area contributed by atoms with Crippen LogP contribution < -0.4 is 10.2 Å². The Hall–Kier alpha value is -3.34. The largest absolute Gasteiger partial charge is 0.368 e. The highest BCUT2D eigenvalue weighted by Gasteiger charge is 2.21. The molecule has 0 unspecified atom stereocenters. The van der Waals surface area contributed by atoms with Crippen molar-refractivity contribution in [2.24, 2.45) is 0 Å². The lowest BCUT2D eigenvalue weighted by atomic mass is 10.0. The van der Waals surface area contributed by atoms with Crippen LogP contribution in [0.4, 0.5) is 5.69 Å². The lowest BCUT2D eigenvalue weighted by molar-refractivity contribution is -0.131. The SMILES string of the molecule is O=C(NCCC(=O)N1CCN(c2ccccc2)CC1)c1cccc2ccccc12. The van der Waals surface area contributed by atoms with Crippen molar-refractivity contribution in [3.63, 3.8) is 0 Å². The summed E-state index contributed by atoms with van der Waals surface area (Å²) in [7, 11) is 0. The Morgan fingerprint density at radius 1 is 0.793 bits per heavy atom. The average Bonchev–Trinajstić information content (AvgIpc) is 2.79. The van der Waals surface area contributed by atoms with E-state index in [1.165, 1.54) is 5.69 Å². The quantitative estimate of drug-likeness (QED) is 0.731. The zero-order chi connectivity index (χ0) is 20.1. The number of hydrogen-bond acceptors (Lipinski definition) is 3. The Morgan fingerprint density at radius 2 is 1.48 bits per heavy atom. The van der Waals surface area contributed by atoms with E-state index in [1.54, 1.807) is 0 Å².